The van der Waals surface area contributed by atoms with Crippen LogP contribution in [0.5, 0.6) is 0 Å². The zero-order valence-electron chi connectivity index (χ0n) is 9.34. The zero-order chi connectivity index (χ0) is 13.1. The second-order valence-electron chi connectivity index (χ2n) is 3.62. The van der Waals surface area contributed by atoms with Crippen molar-refractivity contribution in [3.05, 3.63) is 32.2 Å². The standard InChI is InChI=1S/C10H11BrN4O2S/c11-6-3-7(18-5-6)4-15-8(1-2-12)9(10(16)17)13-14-15/h3,5H,1-2,4,12H2,(H,16,17). The molecule has 18 heavy (non-hydrogen) atoms. The van der Waals surface area contributed by atoms with Crippen LogP contribution in [0.25, 0.3) is 0 Å². The monoisotopic (exact) mass is 330 g/mol. The number of carboxylic acids is 1. The van der Waals surface area contributed by atoms with E-state index in [2.05, 4.69) is 26.2 Å². The molecule has 8 heteroatoms. The Labute approximate surface area is 116 Å². The van der Waals surface area contributed by atoms with E-state index >= 15 is 0 Å². The van der Waals surface area contributed by atoms with Crippen LogP contribution in [-0.2, 0) is 13.0 Å². The molecule has 96 valence electrons. The van der Waals surface area contributed by atoms with E-state index in [-0.39, 0.29) is 5.69 Å². The molecule has 0 atom stereocenters. The van der Waals surface area contributed by atoms with Gasteiger partial charge in [-0.1, -0.05) is 5.21 Å². The number of halogens is 1. The Hall–Kier alpha value is -1.25. The summed E-state index contributed by atoms with van der Waals surface area (Å²) in [5.74, 6) is -1.07. The fraction of sp³-hybridized carbons (Fsp3) is 0.300. The lowest BCUT2D eigenvalue weighted by Gasteiger charge is -2.04. The molecular weight excluding hydrogens is 320 g/mol. The first kappa shape index (κ1) is 13.2. The summed E-state index contributed by atoms with van der Waals surface area (Å²) < 4.78 is 2.59. The normalized spacial score (nSPS) is 10.8. The summed E-state index contributed by atoms with van der Waals surface area (Å²) in [6.45, 7) is 0.869. The van der Waals surface area contributed by atoms with Gasteiger partial charge in [-0.2, -0.15) is 0 Å². The Balaban J connectivity index is 2.29. The van der Waals surface area contributed by atoms with Gasteiger partial charge in [-0.25, -0.2) is 9.48 Å². The maximum absolute atomic E-state index is 11.0. The van der Waals surface area contributed by atoms with Gasteiger partial charge in [-0.05, 0) is 28.5 Å². The summed E-state index contributed by atoms with van der Waals surface area (Å²) in [6.07, 6.45) is 0.446. The summed E-state index contributed by atoms with van der Waals surface area (Å²) in [5.41, 5.74) is 6.04. The van der Waals surface area contributed by atoms with Crippen molar-refractivity contribution in [3.63, 3.8) is 0 Å². The van der Waals surface area contributed by atoms with Crippen LogP contribution in [0.15, 0.2) is 15.9 Å². The molecule has 0 saturated heterocycles. The minimum absolute atomic E-state index is 0.0175. The second-order valence-corrected chi connectivity index (χ2v) is 5.53. The van der Waals surface area contributed by atoms with Crippen molar-refractivity contribution in [3.8, 4) is 0 Å². The number of nitrogens with zero attached hydrogens (tertiary/aromatic N) is 3. The number of hydrogen-bond donors (Lipinski definition) is 2. The second kappa shape index (κ2) is 5.59. The topological polar surface area (TPSA) is 94.0 Å². The van der Waals surface area contributed by atoms with Crippen molar-refractivity contribution in [2.45, 2.75) is 13.0 Å². The molecule has 2 rings (SSSR count). The van der Waals surface area contributed by atoms with Crippen LogP contribution < -0.4 is 5.73 Å². The zero-order valence-corrected chi connectivity index (χ0v) is 11.7. The Kier molecular flexibility index (Phi) is 4.10. The highest BCUT2D eigenvalue weighted by atomic mass is 79.9. The van der Waals surface area contributed by atoms with Gasteiger partial charge in [0.2, 0.25) is 0 Å². The predicted molar refractivity (Wildman–Crippen MR) is 70.9 cm³/mol. The fourth-order valence-electron chi connectivity index (χ4n) is 1.59. The quantitative estimate of drug-likeness (QED) is 0.862. The fourth-order valence-corrected chi connectivity index (χ4v) is 3.03. The molecule has 2 aromatic heterocycles. The lowest BCUT2D eigenvalue weighted by atomic mass is 10.2. The van der Waals surface area contributed by atoms with Gasteiger partial charge >= 0.3 is 5.97 Å². The van der Waals surface area contributed by atoms with Gasteiger partial charge in [-0.15, -0.1) is 16.4 Å². The van der Waals surface area contributed by atoms with Crippen LogP contribution in [-0.4, -0.2) is 32.6 Å². The summed E-state index contributed by atoms with van der Waals surface area (Å²) in [6, 6.07) is 1.97. The molecule has 2 heterocycles. The molecule has 0 amide bonds. The highest BCUT2D eigenvalue weighted by Crippen LogP contribution is 2.21. The molecule has 0 radical (unpaired) electrons. The van der Waals surface area contributed by atoms with Crippen molar-refractivity contribution < 1.29 is 9.90 Å². The molecule has 0 spiro atoms. The molecule has 0 aliphatic rings. The molecule has 0 aliphatic heterocycles. The molecule has 0 aromatic carbocycles. The molecule has 2 aromatic rings. The molecule has 0 bridgehead atoms. The Morgan fingerprint density at radius 2 is 2.39 bits per heavy atom. The van der Waals surface area contributed by atoms with Gasteiger partial charge in [0.25, 0.3) is 0 Å². The largest absolute Gasteiger partial charge is 0.476 e. The molecule has 6 nitrogen and oxygen atoms in total. The number of aromatic nitrogens is 3. The first-order valence-electron chi connectivity index (χ1n) is 5.20. The Bertz CT molecular complexity index is 566. The van der Waals surface area contributed by atoms with Crippen molar-refractivity contribution in [1.29, 1.82) is 0 Å². The number of carboxylic acid groups (broad SMARTS) is 1. The van der Waals surface area contributed by atoms with Crippen LogP contribution >= 0.6 is 27.3 Å². The van der Waals surface area contributed by atoms with E-state index < -0.39 is 5.97 Å². The minimum Gasteiger partial charge on any atom is -0.476 e. The first-order valence-corrected chi connectivity index (χ1v) is 6.87. The number of aromatic carboxylic acids is 1. The Morgan fingerprint density at radius 3 is 2.94 bits per heavy atom. The van der Waals surface area contributed by atoms with Crippen LogP contribution in [0.1, 0.15) is 21.1 Å². The van der Waals surface area contributed by atoms with Crippen molar-refractivity contribution >= 4 is 33.2 Å². The van der Waals surface area contributed by atoms with Crippen molar-refractivity contribution in [1.82, 2.24) is 15.0 Å². The van der Waals surface area contributed by atoms with Crippen LogP contribution in [0.4, 0.5) is 0 Å². The van der Waals surface area contributed by atoms with E-state index in [1.54, 1.807) is 16.0 Å². The third-order valence-electron chi connectivity index (χ3n) is 2.35. The molecular formula is C10H11BrN4O2S. The maximum Gasteiger partial charge on any atom is 0.358 e. The first-order chi connectivity index (χ1) is 8.61. The van der Waals surface area contributed by atoms with Crippen molar-refractivity contribution in [2.24, 2.45) is 5.73 Å². The van der Waals surface area contributed by atoms with E-state index in [0.29, 0.717) is 25.2 Å². The van der Waals surface area contributed by atoms with Gasteiger partial charge in [0.15, 0.2) is 5.69 Å². The minimum atomic E-state index is -1.07. The number of nitrogens with two attached hydrogens (primary N) is 1. The molecule has 3 N–H and O–H groups in total. The molecule has 0 fully saturated rings. The van der Waals surface area contributed by atoms with Gasteiger partial charge in [0.1, 0.15) is 0 Å². The number of hydrogen-bond acceptors (Lipinski definition) is 5. The van der Waals surface area contributed by atoms with Crippen LogP contribution in [0, 0.1) is 0 Å². The molecule has 0 aliphatic carbocycles. The van der Waals surface area contributed by atoms with Gasteiger partial charge in [0.05, 0.1) is 12.2 Å². The lowest BCUT2D eigenvalue weighted by molar-refractivity contribution is 0.0689. The highest BCUT2D eigenvalue weighted by Gasteiger charge is 2.18. The van der Waals surface area contributed by atoms with Crippen LogP contribution in [0.2, 0.25) is 0 Å². The van der Waals surface area contributed by atoms with E-state index in [9.17, 15) is 4.79 Å². The number of rotatable bonds is 5. The van der Waals surface area contributed by atoms with E-state index in [4.69, 9.17) is 10.8 Å². The summed E-state index contributed by atoms with van der Waals surface area (Å²) >= 11 is 4.95. The number of carbonyl (C=O) groups is 1. The van der Waals surface area contributed by atoms with Crippen molar-refractivity contribution in [2.75, 3.05) is 6.54 Å². The smallest absolute Gasteiger partial charge is 0.358 e. The lowest BCUT2D eigenvalue weighted by Crippen LogP contribution is -2.13. The average Bonchev–Trinajstić information content (AvgIpc) is 2.88. The maximum atomic E-state index is 11.0. The van der Waals surface area contributed by atoms with Crippen LogP contribution in [0.3, 0.4) is 0 Å². The van der Waals surface area contributed by atoms with E-state index in [1.807, 2.05) is 11.4 Å². The molecule has 0 unspecified atom stereocenters. The summed E-state index contributed by atoms with van der Waals surface area (Å²) in [5, 5.41) is 18.5. The third-order valence-corrected chi connectivity index (χ3v) is 4.03. The van der Waals surface area contributed by atoms with E-state index in [1.165, 1.54) is 0 Å². The average molecular weight is 331 g/mol. The predicted octanol–water partition coefficient (Wildman–Crippen LogP) is 1.35. The van der Waals surface area contributed by atoms with Gasteiger partial charge < -0.3 is 10.8 Å². The third kappa shape index (κ3) is 2.77. The summed E-state index contributed by atoms with van der Waals surface area (Å²) in [7, 11) is 0. The van der Waals surface area contributed by atoms with E-state index in [0.717, 1.165) is 9.35 Å². The highest BCUT2D eigenvalue weighted by molar-refractivity contribution is 9.10. The summed E-state index contributed by atoms with van der Waals surface area (Å²) in [4.78, 5) is 12.1. The Morgan fingerprint density at radius 1 is 1.61 bits per heavy atom. The van der Waals surface area contributed by atoms with Gasteiger partial charge in [0, 0.05) is 21.2 Å². The molecule has 0 saturated carbocycles. The van der Waals surface area contributed by atoms with Gasteiger partial charge in [-0.3, -0.25) is 0 Å². The SMILES string of the molecule is NCCc1c(C(=O)O)nnn1Cc1cc(Br)cs1. The number of thiophene rings is 1.